The number of aliphatic hydroxyl groups is 1. The number of nitrogens with zero attached hydrogens (tertiary/aromatic N) is 1. The van der Waals surface area contributed by atoms with Crippen molar-refractivity contribution in [3.63, 3.8) is 0 Å². The molecule has 18 heavy (non-hydrogen) atoms. The van der Waals surface area contributed by atoms with Crippen LogP contribution in [0.15, 0.2) is 0 Å². The molecule has 5 heteroatoms. The van der Waals surface area contributed by atoms with Crippen LogP contribution in [0, 0.1) is 5.92 Å². The number of ketones is 1. The molecule has 0 heterocycles. The maximum absolute atomic E-state index is 12.1. The van der Waals surface area contributed by atoms with Crippen molar-refractivity contribution in [3.8, 4) is 0 Å². The van der Waals surface area contributed by atoms with E-state index in [2.05, 4.69) is 0 Å². The van der Waals surface area contributed by atoms with Crippen LogP contribution >= 0.6 is 0 Å². The lowest BCUT2D eigenvalue weighted by molar-refractivity contribution is -0.875. The Bertz CT molecular complexity index is 309. The van der Waals surface area contributed by atoms with Gasteiger partial charge in [0.1, 0.15) is 6.54 Å². The van der Waals surface area contributed by atoms with Gasteiger partial charge in [0.2, 0.25) is 0 Å². The predicted octanol–water partition coefficient (Wildman–Crippen LogP) is 0.904. The summed E-state index contributed by atoms with van der Waals surface area (Å²) in [5.74, 6) is -1.36. The van der Waals surface area contributed by atoms with Gasteiger partial charge in [0.25, 0.3) is 0 Å². The molecule has 0 rings (SSSR count). The van der Waals surface area contributed by atoms with Crippen LogP contribution in [0.2, 0.25) is 0 Å². The van der Waals surface area contributed by atoms with E-state index in [1.807, 2.05) is 35.0 Å². The van der Waals surface area contributed by atoms with Crippen molar-refractivity contribution >= 4 is 11.8 Å². The van der Waals surface area contributed by atoms with Gasteiger partial charge in [-0.3, -0.25) is 9.59 Å². The number of hydrogen-bond acceptors (Lipinski definition) is 3. The van der Waals surface area contributed by atoms with Gasteiger partial charge >= 0.3 is 5.97 Å². The van der Waals surface area contributed by atoms with Gasteiger partial charge in [0, 0.05) is 6.42 Å². The number of carbonyl (C=O) groups excluding carboxylic acids is 1. The van der Waals surface area contributed by atoms with Crippen molar-refractivity contribution < 1.29 is 24.3 Å². The van der Waals surface area contributed by atoms with E-state index >= 15 is 0 Å². The molecule has 0 aliphatic rings. The zero-order valence-electron chi connectivity index (χ0n) is 12.1. The second kappa shape index (κ2) is 6.29. The van der Waals surface area contributed by atoms with Gasteiger partial charge in [-0.15, -0.1) is 0 Å². The van der Waals surface area contributed by atoms with Crippen molar-refractivity contribution in [2.75, 3.05) is 27.7 Å². The van der Waals surface area contributed by atoms with Crippen LogP contribution in [-0.2, 0) is 9.59 Å². The third-order valence-electron chi connectivity index (χ3n) is 2.93. The first-order valence-corrected chi connectivity index (χ1v) is 6.28. The minimum Gasteiger partial charge on any atom is -0.481 e. The molecule has 0 aromatic carbocycles. The van der Waals surface area contributed by atoms with Gasteiger partial charge in [-0.25, -0.2) is 0 Å². The SMILES string of the molecule is CCC(C)CC(=O)C(O)(CC(=O)O)C[N+](C)(C)C. The van der Waals surface area contributed by atoms with Gasteiger partial charge in [-0.2, -0.15) is 0 Å². The number of aliphatic carboxylic acids is 1. The number of carboxylic acids is 1. The summed E-state index contributed by atoms with van der Waals surface area (Å²) in [7, 11) is 5.47. The number of likely N-dealkylation sites (N-methyl/N-ethyl adjacent to an activating group) is 1. The zero-order valence-corrected chi connectivity index (χ0v) is 12.1. The van der Waals surface area contributed by atoms with Crippen molar-refractivity contribution in [2.24, 2.45) is 5.92 Å². The van der Waals surface area contributed by atoms with E-state index in [1.54, 1.807) is 0 Å². The molecule has 2 atom stereocenters. The Morgan fingerprint density at radius 2 is 1.78 bits per heavy atom. The van der Waals surface area contributed by atoms with Crippen LogP contribution in [0.4, 0.5) is 0 Å². The molecular weight excluding hydrogens is 234 g/mol. The summed E-state index contributed by atoms with van der Waals surface area (Å²) in [6.07, 6.45) is 0.525. The van der Waals surface area contributed by atoms with Crippen LogP contribution in [-0.4, -0.2) is 59.7 Å². The van der Waals surface area contributed by atoms with E-state index in [-0.39, 0.29) is 24.7 Å². The first-order chi connectivity index (χ1) is 8.00. The highest BCUT2D eigenvalue weighted by atomic mass is 16.4. The lowest BCUT2D eigenvalue weighted by atomic mass is 9.87. The molecule has 5 nitrogen and oxygen atoms in total. The number of quaternary nitrogens is 1. The fourth-order valence-electron chi connectivity index (χ4n) is 1.93. The Morgan fingerprint density at radius 3 is 2.11 bits per heavy atom. The maximum Gasteiger partial charge on any atom is 0.306 e. The lowest BCUT2D eigenvalue weighted by Gasteiger charge is -2.34. The van der Waals surface area contributed by atoms with E-state index in [1.165, 1.54) is 0 Å². The van der Waals surface area contributed by atoms with Gasteiger partial charge < -0.3 is 14.7 Å². The average molecular weight is 260 g/mol. The van der Waals surface area contributed by atoms with Crippen molar-refractivity contribution in [1.29, 1.82) is 0 Å². The third-order valence-corrected chi connectivity index (χ3v) is 2.93. The number of carboxylic acid groups (broad SMARTS) is 1. The Kier molecular flexibility index (Phi) is 5.96. The fraction of sp³-hybridized carbons (Fsp3) is 0.846. The number of rotatable bonds is 8. The van der Waals surface area contributed by atoms with Crippen LogP contribution in [0.5, 0.6) is 0 Å². The molecule has 2 N–H and O–H groups in total. The minimum atomic E-state index is -1.77. The molecule has 0 aliphatic carbocycles. The highest BCUT2D eigenvalue weighted by Gasteiger charge is 2.42. The van der Waals surface area contributed by atoms with Crippen LogP contribution in [0.25, 0.3) is 0 Å². The Hall–Kier alpha value is -0.940. The minimum absolute atomic E-state index is 0.106. The van der Waals surface area contributed by atoms with Crippen molar-refractivity contribution in [3.05, 3.63) is 0 Å². The Balaban J connectivity index is 4.96. The Morgan fingerprint density at radius 1 is 1.28 bits per heavy atom. The van der Waals surface area contributed by atoms with E-state index in [0.29, 0.717) is 4.48 Å². The summed E-state index contributed by atoms with van der Waals surface area (Å²) in [4.78, 5) is 23.0. The average Bonchev–Trinajstić information content (AvgIpc) is 2.12. The molecule has 0 aliphatic heterocycles. The summed E-state index contributed by atoms with van der Waals surface area (Å²) in [6, 6.07) is 0. The molecule has 2 unspecified atom stereocenters. The van der Waals surface area contributed by atoms with E-state index in [9.17, 15) is 14.7 Å². The summed E-state index contributed by atoms with van der Waals surface area (Å²) in [5, 5.41) is 19.3. The summed E-state index contributed by atoms with van der Waals surface area (Å²) in [5.41, 5.74) is -1.77. The molecule has 106 valence electrons. The van der Waals surface area contributed by atoms with Crippen LogP contribution in [0.3, 0.4) is 0 Å². The Labute approximate surface area is 109 Å². The summed E-state index contributed by atoms with van der Waals surface area (Å²) >= 11 is 0. The predicted molar refractivity (Wildman–Crippen MR) is 69.2 cm³/mol. The third kappa shape index (κ3) is 6.12. The molecule has 0 fully saturated rings. The highest BCUT2D eigenvalue weighted by Crippen LogP contribution is 2.21. The van der Waals surface area contributed by atoms with Crippen molar-refractivity contribution in [1.82, 2.24) is 0 Å². The number of Topliss-reactive ketones (excluding diaryl/α,β-unsaturated/α-hetero) is 1. The van der Waals surface area contributed by atoms with Gasteiger partial charge in [0.15, 0.2) is 11.4 Å². The van der Waals surface area contributed by atoms with E-state index in [4.69, 9.17) is 5.11 Å². The molecule has 0 amide bonds. The number of carbonyl (C=O) groups is 2. The van der Waals surface area contributed by atoms with Gasteiger partial charge in [-0.1, -0.05) is 20.3 Å². The largest absolute Gasteiger partial charge is 0.481 e. The monoisotopic (exact) mass is 260 g/mol. The van der Waals surface area contributed by atoms with Crippen molar-refractivity contribution in [2.45, 2.75) is 38.7 Å². The second-order valence-electron chi connectivity index (χ2n) is 6.19. The molecule has 0 aromatic heterocycles. The molecular formula is C13H26NO4+. The molecule has 0 saturated heterocycles. The standard InChI is InChI=1S/C13H25NO4/c1-6-10(2)7-11(15)13(18,8-12(16)17)9-14(3,4)5/h10,18H,6-9H2,1-5H3/p+1. The summed E-state index contributed by atoms with van der Waals surface area (Å²) in [6.45, 7) is 3.99. The van der Waals surface area contributed by atoms with E-state index < -0.39 is 18.0 Å². The molecule has 0 aromatic rings. The van der Waals surface area contributed by atoms with E-state index in [0.717, 1.165) is 6.42 Å². The topological polar surface area (TPSA) is 74.6 Å². The zero-order chi connectivity index (χ0) is 14.6. The molecule has 0 bridgehead atoms. The van der Waals surface area contributed by atoms with Crippen LogP contribution < -0.4 is 0 Å². The van der Waals surface area contributed by atoms with Gasteiger partial charge in [-0.05, 0) is 5.92 Å². The van der Waals surface area contributed by atoms with Crippen LogP contribution in [0.1, 0.15) is 33.1 Å². The lowest BCUT2D eigenvalue weighted by Crippen LogP contribution is -2.55. The first-order valence-electron chi connectivity index (χ1n) is 6.28. The first kappa shape index (κ1) is 17.1. The summed E-state index contributed by atoms with van der Waals surface area (Å²) < 4.78 is 0.343. The quantitative estimate of drug-likeness (QED) is 0.636. The molecule has 0 saturated carbocycles. The molecule has 0 spiro atoms. The van der Waals surface area contributed by atoms with Gasteiger partial charge in [0.05, 0.1) is 27.6 Å². The normalized spacial score (nSPS) is 17.0. The highest BCUT2D eigenvalue weighted by molar-refractivity contribution is 5.91. The maximum atomic E-state index is 12.1. The second-order valence-corrected chi connectivity index (χ2v) is 6.19. The molecule has 0 radical (unpaired) electrons. The fourth-order valence-corrected chi connectivity index (χ4v) is 1.93. The number of hydrogen-bond donors (Lipinski definition) is 2. The smallest absolute Gasteiger partial charge is 0.306 e.